The van der Waals surface area contributed by atoms with E-state index in [4.69, 9.17) is 9.84 Å². The molecule has 0 aromatic rings. The lowest BCUT2D eigenvalue weighted by molar-refractivity contribution is -0.134. The average Bonchev–Trinajstić information content (AvgIpc) is 3.04. The second kappa shape index (κ2) is 6.20. The third-order valence-electron chi connectivity index (χ3n) is 4.28. The first kappa shape index (κ1) is 14.8. The molecule has 1 N–H and O–H groups in total. The van der Waals surface area contributed by atoms with Crippen LogP contribution in [0, 0.1) is 11.3 Å². The molecule has 1 aliphatic heterocycles. The highest BCUT2D eigenvalue weighted by molar-refractivity contribution is 5.82. The lowest BCUT2D eigenvalue weighted by Gasteiger charge is -2.30. The SMILES string of the molecule is CC1(C)CC1C(=O)N(CCO)CCN1CCOCC1. The average molecular weight is 270 g/mol. The van der Waals surface area contributed by atoms with Crippen LogP contribution in [0.3, 0.4) is 0 Å². The molecule has 5 heteroatoms. The fourth-order valence-electron chi connectivity index (χ4n) is 2.65. The summed E-state index contributed by atoms with van der Waals surface area (Å²) in [6.07, 6.45) is 0.977. The van der Waals surface area contributed by atoms with E-state index in [0.717, 1.165) is 39.3 Å². The number of aliphatic hydroxyl groups excluding tert-OH is 1. The summed E-state index contributed by atoms with van der Waals surface area (Å²) in [6, 6.07) is 0. The fourth-order valence-corrected chi connectivity index (χ4v) is 2.65. The van der Waals surface area contributed by atoms with Crippen molar-refractivity contribution in [1.29, 1.82) is 0 Å². The molecule has 2 fully saturated rings. The zero-order valence-electron chi connectivity index (χ0n) is 12.1. The Bertz CT molecular complexity index is 314. The van der Waals surface area contributed by atoms with Gasteiger partial charge >= 0.3 is 0 Å². The van der Waals surface area contributed by atoms with Crippen LogP contribution in [-0.4, -0.2) is 73.4 Å². The molecule has 1 unspecified atom stereocenters. The lowest BCUT2D eigenvalue weighted by atomic mass is 10.1. The number of hydrogen-bond donors (Lipinski definition) is 1. The van der Waals surface area contributed by atoms with Gasteiger partial charge in [-0.05, 0) is 11.8 Å². The van der Waals surface area contributed by atoms with Gasteiger partial charge in [-0.1, -0.05) is 13.8 Å². The van der Waals surface area contributed by atoms with Gasteiger partial charge in [0.05, 0.1) is 19.8 Å². The van der Waals surface area contributed by atoms with Gasteiger partial charge in [0.15, 0.2) is 0 Å². The third-order valence-corrected chi connectivity index (χ3v) is 4.28. The summed E-state index contributed by atoms with van der Waals surface area (Å²) in [7, 11) is 0. The van der Waals surface area contributed by atoms with Gasteiger partial charge in [0.1, 0.15) is 0 Å². The molecule has 1 heterocycles. The highest BCUT2D eigenvalue weighted by Crippen LogP contribution is 2.52. The Labute approximate surface area is 115 Å². The molecule has 1 saturated heterocycles. The van der Waals surface area contributed by atoms with Crippen molar-refractivity contribution < 1.29 is 14.6 Å². The molecule has 2 aliphatic rings. The van der Waals surface area contributed by atoms with Crippen molar-refractivity contribution in [2.75, 3.05) is 52.5 Å². The number of carbonyl (C=O) groups excluding carboxylic acids is 1. The van der Waals surface area contributed by atoms with Gasteiger partial charge < -0.3 is 14.7 Å². The van der Waals surface area contributed by atoms with E-state index in [1.54, 1.807) is 0 Å². The summed E-state index contributed by atoms with van der Waals surface area (Å²) < 4.78 is 5.31. The Hall–Kier alpha value is -0.650. The molecular weight excluding hydrogens is 244 g/mol. The highest BCUT2D eigenvalue weighted by Gasteiger charge is 2.51. The van der Waals surface area contributed by atoms with E-state index < -0.39 is 0 Å². The zero-order valence-corrected chi connectivity index (χ0v) is 12.1. The lowest BCUT2D eigenvalue weighted by Crippen LogP contribution is -2.44. The predicted molar refractivity (Wildman–Crippen MR) is 72.8 cm³/mol. The first-order chi connectivity index (χ1) is 9.04. The number of morpholine rings is 1. The number of nitrogens with zero attached hydrogens (tertiary/aromatic N) is 2. The van der Waals surface area contributed by atoms with Gasteiger partial charge in [-0.3, -0.25) is 9.69 Å². The van der Waals surface area contributed by atoms with Crippen molar-refractivity contribution in [3.8, 4) is 0 Å². The fraction of sp³-hybridized carbons (Fsp3) is 0.929. The summed E-state index contributed by atoms with van der Waals surface area (Å²) >= 11 is 0. The van der Waals surface area contributed by atoms with Crippen LogP contribution in [0.4, 0.5) is 0 Å². The van der Waals surface area contributed by atoms with Crippen LogP contribution in [-0.2, 0) is 9.53 Å². The molecule has 1 aliphatic carbocycles. The van der Waals surface area contributed by atoms with E-state index in [0.29, 0.717) is 13.1 Å². The van der Waals surface area contributed by atoms with Crippen LogP contribution in [0.15, 0.2) is 0 Å². The first-order valence-electron chi connectivity index (χ1n) is 7.24. The molecule has 1 amide bonds. The predicted octanol–water partition coefficient (Wildman–Crippen LogP) is 0.186. The van der Waals surface area contributed by atoms with Crippen LogP contribution in [0.5, 0.6) is 0 Å². The minimum Gasteiger partial charge on any atom is -0.395 e. The third kappa shape index (κ3) is 3.91. The van der Waals surface area contributed by atoms with Crippen molar-refractivity contribution in [3.05, 3.63) is 0 Å². The topological polar surface area (TPSA) is 53.0 Å². The van der Waals surface area contributed by atoms with Gasteiger partial charge in [0, 0.05) is 38.6 Å². The van der Waals surface area contributed by atoms with Gasteiger partial charge in [-0.2, -0.15) is 0 Å². The highest BCUT2D eigenvalue weighted by atomic mass is 16.5. The molecule has 0 aromatic heterocycles. The number of hydrogen-bond acceptors (Lipinski definition) is 4. The Morgan fingerprint density at radius 2 is 2.00 bits per heavy atom. The maximum absolute atomic E-state index is 12.4. The second-order valence-corrected chi connectivity index (χ2v) is 6.25. The minimum atomic E-state index is 0.0437. The standard InChI is InChI=1S/C14H26N2O3/c1-14(2)11-12(14)13(18)16(5-8-17)4-3-15-6-9-19-10-7-15/h12,17H,3-11H2,1-2H3. The normalized spacial score (nSPS) is 26.2. The number of ether oxygens (including phenoxy) is 1. The molecule has 110 valence electrons. The van der Waals surface area contributed by atoms with E-state index in [9.17, 15) is 4.79 Å². The van der Waals surface area contributed by atoms with Crippen molar-refractivity contribution in [2.45, 2.75) is 20.3 Å². The van der Waals surface area contributed by atoms with Crippen LogP contribution in [0.1, 0.15) is 20.3 Å². The Morgan fingerprint density at radius 1 is 1.37 bits per heavy atom. The number of aliphatic hydroxyl groups is 1. The Kier molecular flexibility index (Phi) is 4.81. The molecule has 0 radical (unpaired) electrons. The molecule has 0 aromatic carbocycles. The maximum Gasteiger partial charge on any atom is 0.226 e. The quantitative estimate of drug-likeness (QED) is 0.748. The zero-order chi connectivity index (χ0) is 13.9. The summed E-state index contributed by atoms with van der Waals surface area (Å²) in [5, 5.41) is 9.13. The molecule has 1 saturated carbocycles. The van der Waals surface area contributed by atoms with Gasteiger partial charge in [-0.25, -0.2) is 0 Å². The summed E-state index contributed by atoms with van der Waals surface area (Å²) in [4.78, 5) is 16.5. The van der Waals surface area contributed by atoms with Gasteiger partial charge in [0.25, 0.3) is 0 Å². The number of carbonyl (C=O) groups is 1. The summed E-state index contributed by atoms with van der Waals surface area (Å²) in [6.45, 7) is 9.80. The van der Waals surface area contributed by atoms with Crippen LogP contribution in [0.25, 0.3) is 0 Å². The smallest absolute Gasteiger partial charge is 0.226 e. The molecule has 1 atom stereocenters. The Morgan fingerprint density at radius 3 is 2.53 bits per heavy atom. The van der Waals surface area contributed by atoms with E-state index in [-0.39, 0.29) is 23.8 Å². The van der Waals surface area contributed by atoms with Crippen molar-refractivity contribution in [3.63, 3.8) is 0 Å². The van der Waals surface area contributed by atoms with Crippen LogP contribution in [0.2, 0.25) is 0 Å². The van der Waals surface area contributed by atoms with E-state index in [1.807, 2.05) is 4.90 Å². The van der Waals surface area contributed by atoms with Crippen LogP contribution >= 0.6 is 0 Å². The first-order valence-corrected chi connectivity index (χ1v) is 7.24. The maximum atomic E-state index is 12.4. The monoisotopic (exact) mass is 270 g/mol. The minimum absolute atomic E-state index is 0.0437. The summed E-state index contributed by atoms with van der Waals surface area (Å²) in [5.41, 5.74) is 0.157. The van der Waals surface area contributed by atoms with Crippen molar-refractivity contribution in [2.24, 2.45) is 11.3 Å². The van der Waals surface area contributed by atoms with Crippen LogP contribution < -0.4 is 0 Å². The summed E-state index contributed by atoms with van der Waals surface area (Å²) in [5.74, 6) is 0.371. The largest absolute Gasteiger partial charge is 0.395 e. The van der Waals surface area contributed by atoms with Gasteiger partial charge in [0.2, 0.25) is 5.91 Å². The molecule has 2 rings (SSSR count). The molecule has 0 spiro atoms. The van der Waals surface area contributed by atoms with E-state index in [1.165, 1.54) is 0 Å². The number of amides is 1. The Balaban J connectivity index is 1.80. The molecule has 0 bridgehead atoms. The van der Waals surface area contributed by atoms with Crippen molar-refractivity contribution in [1.82, 2.24) is 9.80 Å². The van der Waals surface area contributed by atoms with E-state index >= 15 is 0 Å². The second-order valence-electron chi connectivity index (χ2n) is 6.25. The molecular formula is C14H26N2O3. The number of rotatable bonds is 6. The van der Waals surface area contributed by atoms with Crippen molar-refractivity contribution >= 4 is 5.91 Å². The molecule has 19 heavy (non-hydrogen) atoms. The molecule has 5 nitrogen and oxygen atoms in total. The van der Waals surface area contributed by atoms with E-state index in [2.05, 4.69) is 18.7 Å². The van der Waals surface area contributed by atoms with Gasteiger partial charge in [-0.15, -0.1) is 0 Å².